The third-order valence-electron chi connectivity index (χ3n) is 8.07. The third-order valence-corrected chi connectivity index (χ3v) is 8.57. The molecule has 188 valence electrons. The number of carbonyl (C=O) groups is 2. The first-order chi connectivity index (χ1) is 16.8. The summed E-state index contributed by atoms with van der Waals surface area (Å²) in [5.74, 6) is 2.35. The van der Waals surface area contributed by atoms with Crippen molar-refractivity contribution in [2.75, 3.05) is 0 Å². The molecular weight excluding hydrogens is 479 g/mol. The van der Waals surface area contributed by atoms with E-state index in [9.17, 15) is 9.59 Å². The van der Waals surface area contributed by atoms with Crippen LogP contribution in [0.15, 0.2) is 48.5 Å². The summed E-state index contributed by atoms with van der Waals surface area (Å²) in [6.07, 6.45) is 7.97. The summed E-state index contributed by atoms with van der Waals surface area (Å²) in [6.45, 7) is 4.54. The van der Waals surface area contributed by atoms with Crippen LogP contribution in [0.4, 0.5) is 0 Å². The number of hydrogen-bond acceptors (Lipinski definition) is 2. The summed E-state index contributed by atoms with van der Waals surface area (Å²) in [4.78, 5) is 25.3. The van der Waals surface area contributed by atoms with E-state index >= 15 is 0 Å². The molecule has 35 heavy (non-hydrogen) atoms. The predicted molar refractivity (Wildman–Crippen MR) is 143 cm³/mol. The fourth-order valence-electron chi connectivity index (χ4n) is 6.05. The van der Waals surface area contributed by atoms with Crippen LogP contribution in [0.1, 0.15) is 79.5 Å². The minimum atomic E-state index is -0.00948. The summed E-state index contributed by atoms with van der Waals surface area (Å²) < 4.78 is 0. The number of nitrogens with one attached hydrogen (secondary N) is 2. The lowest BCUT2D eigenvalue weighted by Crippen LogP contribution is -2.44. The molecule has 2 amide bonds. The number of amides is 2. The Hall–Kier alpha value is -2.04. The molecule has 0 heterocycles. The minimum Gasteiger partial charge on any atom is -0.349 e. The van der Waals surface area contributed by atoms with Gasteiger partial charge >= 0.3 is 0 Å². The van der Waals surface area contributed by atoms with Crippen LogP contribution in [0.25, 0.3) is 0 Å². The quantitative estimate of drug-likeness (QED) is 0.429. The molecule has 2 saturated carbocycles. The lowest BCUT2D eigenvalue weighted by atomic mass is 9.70. The summed E-state index contributed by atoms with van der Waals surface area (Å²) >= 11 is 11.9. The molecular formula is C29H36Cl2N2O2. The maximum atomic E-state index is 12.6. The van der Waals surface area contributed by atoms with Gasteiger partial charge in [0.2, 0.25) is 0 Å². The molecule has 0 unspecified atom stereocenters. The normalized spacial score (nSPS) is 28.8. The van der Waals surface area contributed by atoms with Crippen LogP contribution in [0.2, 0.25) is 10.0 Å². The molecule has 6 heteroatoms. The van der Waals surface area contributed by atoms with Gasteiger partial charge < -0.3 is 10.6 Å². The van der Waals surface area contributed by atoms with Gasteiger partial charge in [-0.1, -0.05) is 37.0 Å². The summed E-state index contributed by atoms with van der Waals surface area (Å²) in [7, 11) is 0. The molecule has 2 fully saturated rings. The highest BCUT2D eigenvalue weighted by Crippen LogP contribution is 2.39. The zero-order valence-corrected chi connectivity index (χ0v) is 22.1. The van der Waals surface area contributed by atoms with Crippen LogP contribution in [-0.2, 0) is 0 Å². The van der Waals surface area contributed by atoms with Gasteiger partial charge in [0.1, 0.15) is 0 Å². The van der Waals surface area contributed by atoms with Crippen molar-refractivity contribution >= 4 is 35.0 Å². The first kappa shape index (κ1) is 26.0. The highest BCUT2D eigenvalue weighted by molar-refractivity contribution is 6.31. The van der Waals surface area contributed by atoms with Crippen molar-refractivity contribution in [3.05, 3.63) is 69.7 Å². The van der Waals surface area contributed by atoms with Crippen molar-refractivity contribution in [1.82, 2.24) is 10.6 Å². The second-order valence-corrected chi connectivity index (χ2v) is 11.6. The van der Waals surface area contributed by atoms with Crippen LogP contribution in [-0.4, -0.2) is 23.9 Å². The first-order valence-electron chi connectivity index (χ1n) is 12.9. The van der Waals surface area contributed by atoms with Crippen molar-refractivity contribution in [2.45, 2.75) is 70.9 Å². The van der Waals surface area contributed by atoms with Crippen molar-refractivity contribution in [3.63, 3.8) is 0 Å². The Balaban J connectivity index is 1.21. The van der Waals surface area contributed by atoms with E-state index < -0.39 is 0 Å². The fourth-order valence-corrected chi connectivity index (χ4v) is 6.30. The van der Waals surface area contributed by atoms with E-state index in [-0.39, 0.29) is 23.9 Å². The lowest BCUT2D eigenvalue weighted by molar-refractivity contribution is 0.0869. The van der Waals surface area contributed by atoms with E-state index in [2.05, 4.69) is 24.5 Å². The van der Waals surface area contributed by atoms with Crippen molar-refractivity contribution in [2.24, 2.45) is 23.7 Å². The highest BCUT2D eigenvalue weighted by atomic mass is 35.5. The zero-order valence-electron chi connectivity index (χ0n) is 20.6. The Bertz CT molecular complexity index is 927. The van der Waals surface area contributed by atoms with Gasteiger partial charge in [-0.05, 0) is 117 Å². The molecule has 2 aliphatic carbocycles. The van der Waals surface area contributed by atoms with E-state index in [1.807, 2.05) is 0 Å². The van der Waals surface area contributed by atoms with Crippen LogP contribution in [0.5, 0.6) is 0 Å². The number of rotatable bonds is 6. The zero-order chi connectivity index (χ0) is 24.9. The van der Waals surface area contributed by atoms with Gasteiger partial charge in [-0.2, -0.15) is 0 Å². The van der Waals surface area contributed by atoms with E-state index in [0.717, 1.165) is 38.5 Å². The smallest absolute Gasteiger partial charge is 0.251 e. The first-order valence-corrected chi connectivity index (χ1v) is 13.7. The van der Waals surface area contributed by atoms with E-state index in [1.54, 1.807) is 48.5 Å². The molecule has 0 radical (unpaired) electrons. The number of carbonyl (C=O) groups excluding carboxylic acids is 2. The Labute approximate surface area is 219 Å². The van der Waals surface area contributed by atoms with Crippen LogP contribution < -0.4 is 10.6 Å². The number of hydrogen-bond donors (Lipinski definition) is 2. The maximum absolute atomic E-state index is 12.6. The van der Waals surface area contributed by atoms with Crippen LogP contribution >= 0.6 is 23.2 Å². The minimum absolute atomic E-state index is 0.00948. The van der Waals surface area contributed by atoms with Gasteiger partial charge in [0.25, 0.3) is 11.8 Å². The molecule has 2 aliphatic rings. The van der Waals surface area contributed by atoms with E-state index in [1.165, 1.54) is 6.42 Å². The standard InChI is InChI=1S/C29H36Cl2N2O2/c1-18-15-20(3-13-26(18)32-28(34)22-5-9-24(30)10-6-22)17-21-4-14-27(19(2)16-21)33-29(35)23-7-11-25(31)12-8-23/h5-12,18-21,26-27H,3-4,13-17H2,1-2H3,(H,32,34)(H,33,35)/t18-,19-,20-,21-,26-,27+/m1/s1. The van der Waals surface area contributed by atoms with Crippen molar-refractivity contribution < 1.29 is 9.59 Å². The van der Waals surface area contributed by atoms with E-state index in [0.29, 0.717) is 44.8 Å². The molecule has 2 aromatic rings. The van der Waals surface area contributed by atoms with Crippen molar-refractivity contribution in [3.8, 4) is 0 Å². The number of benzene rings is 2. The van der Waals surface area contributed by atoms with Gasteiger partial charge in [-0.15, -0.1) is 0 Å². The largest absolute Gasteiger partial charge is 0.349 e. The van der Waals surface area contributed by atoms with E-state index in [4.69, 9.17) is 23.2 Å². The number of halogens is 2. The van der Waals surface area contributed by atoms with Gasteiger partial charge in [-0.3, -0.25) is 9.59 Å². The summed E-state index contributed by atoms with van der Waals surface area (Å²) in [6, 6.07) is 14.6. The predicted octanol–water partition coefficient (Wildman–Crippen LogP) is 7.15. The third kappa shape index (κ3) is 7.01. The van der Waals surface area contributed by atoms with Gasteiger partial charge in [0, 0.05) is 33.3 Å². The Morgan fingerprint density at radius 1 is 0.686 bits per heavy atom. The molecule has 0 saturated heterocycles. The SMILES string of the molecule is C[C@@H]1C[C@H](C[C@@H]2CC[C@@H](NC(=O)c3ccc(Cl)cc3)[C@H](C)C2)CC[C@@H]1NC(=O)c1ccc(Cl)cc1. The molecule has 0 bridgehead atoms. The lowest BCUT2D eigenvalue weighted by Gasteiger charge is -2.39. The molecule has 6 atom stereocenters. The van der Waals surface area contributed by atoms with Gasteiger partial charge in [-0.25, -0.2) is 0 Å². The topological polar surface area (TPSA) is 58.2 Å². The molecule has 0 aromatic heterocycles. The fraction of sp³-hybridized carbons (Fsp3) is 0.517. The summed E-state index contributed by atoms with van der Waals surface area (Å²) in [5.41, 5.74) is 1.33. The second kappa shape index (κ2) is 11.8. The van der Waals surface area contributed by atoms with Crippen molar-refractivity contribution in [1.29, 1.82) is 0 Å². The molecule has 0 spiro atoms. The molecule has 0 aliphatic heterocycles. The average Bonchev–Trinajstić information content (AvgIpc) is 2.83. The maximum Gasteiger partial charge on any atom is 0.251 e. The Kier molecular flexibility index (Phi) is 8.77. The van der Waals surface area contributed by atoms with Gasteiger partial charge in [0.15, 0.2) is 0 Å². The summed E-state index contributed by atoms with van der Waals surface area (Å²) in [5, 5.41) is 7.78. The van der Waals surface area contributed by atoms with Crippen LogP contribution in [0, 0.1) is 23.7 Å². The Morgan fingerprint density at radius 2 is 1.06 bits per heavy atom. The second-order valence-electron chi connectivity index (χ2n) is 10.7. The average molecular weight is 516 g/mol. The molecule has 2 N–H and O–H groups in total. The van der Waals surface area contributed by atoms with Gasteiger partial charge in [0.05, 0.1) is 0 Å². The van der Waals surface area contributed by atoms with Crippen LogP contribution in [0.3, 0.4) is 0 Å². The monoisotopic (exact) mass is 514 g/mol. The highest BCUT2D eigenvalue weighted by Gasteiger charge is 2.33. The molecule has 4 rings (SSSR count). The molecule has 2 aromatic carbocycles. The Morgan fingerprint density at radius 3 is 1.40 bits per heavy atom. The molecule has 4 nitrogen and oxygen atoms in total.